The monoisotopic (exact) mass is 257 g/mol. The Balaban J connectivity index is 2.52. The summed E-state index contributed by atoms with van der Waals surface area (Å²) in [5.74, 6) is 0. The van der Waals surface area contributed by atoms with Crippen LogP contribution in [0.15, 0.2) is 24.4 Å². The van der Waals surface area contributed by atoms with Gasteiger partial charge in [-0.25, -0.2) is 0 Å². The average Bonchev–Trinajstić information content (AvgIpc) is 2.77. The minimum Gasteiger partial charge on any atom is -0.330 e. The van der Waals surface area contributed by atoms with Crippen LogP contribution in [0, 0.1) is 6.92 Å². The van der Waals surface area contributed by atoms with Crippen LogP contribution in [0.4, 0.5) is 0 Å². The van der Waals surface area contributed by atoms with Crippen molar-refractivity contribution in [2.24, 2.45) is 5.73 Å². The van der Waals surface area contributed by atoms with E-state index in [4.69, 9.17) is 5.73 Å². The second-order valence-corrected chi connectivity index (χ2v) is 6.08. The Bertz CT molecular complexity index is 562. The molecule has 1 aromatic heterocycles. The number of benzene rings is 1. The van der Waals surface area contributed by atoms with Crippen LogP contribution in [0.2, 0.25) is 0 Å². The van der Waals surface area contributed by atoms with Gasteiger partial charge in [0.25, 0.3) is 0 Å². The summed E-state index contributed by atoms with van der Waals surface area (Å²) in [5, 5.41) is 7.23. The lowest BCUT2D eigenvalue weighted by Crippen LogP contribution is -2.11. The van der Waals surface area contributed by atoms with Gasteiger partial charge in [-0.3, -0.25) is 5.10 Å². The van der Waals surface area contributed by atoms with Gasteiger partial charge >= 0.3 is 0 Å². The van der Waals surface area contributed by atoms with E-state index in [1.807, 2.05) is 6.20 Å². The topological polar surface area (TPSA) is 54.7 Å². The fourth-order valence-electron chi connectivity index (χ4n) is 2.26. The summed E-state index contributed by atoms with van der Waals surface area (Å²) in [4.78, 5) is 0. The maximum absolute atomic E-state index is 5.66. The Morgan fingerprint density at radius 2 is 1.95 bits per heavy atom. The van der Waals surface area contributed by atoms with E-state index in [1.54, 1.807) is 0 Å². The molecule has 3 N–H and O–H groups in total. The lowest BCUT2D eigenvalue weighted by Gasteiger charge is -2.21. The molecule has 2 aromatic rings. The SMILES string of the molecule is Cc1ccc(C(C)(C)C)cc1-c1cn[nH]c1CCN. The summed E-state index contributed by atoms with van der Waals surface area (Å²) in [5.41, 5.74) is 12.0. The van der Waals surface area contributed by atoms with E-state index in [0.717, 1.165) is 12.1 Å². The minimum absolute atomic E-state index is 0.153. The molecular weight excluding hydrogens is 234 g/mol. The number of nitrogens with two attached hydrogens (primary N) is 1. The predicted molar refractivity (Wildman–Crippen MR) is 80.2 cm³/mol. The van der Waals surface area contributed by atoms with E-state index in [-0.39, 0.29) is 5.41 Å². The zero-order chi connectivity index (χ0) is 14.0. The third-order valence-corrected chi connectivity index (χ3v) is 3.51. The number of rotatable bonds is 3. The Morgan fingerprint density at radius 1 is 1.21 bits per heavy atom. The van der Waals surface area contributed by atoms with Crippen LogP contribution in [0.25, 0.3) is 11.1 Å². The first-order valence-electron chi connectivity index (χ1n) is 6.77. The number of aromatic amines is 1. The number of hydrogen-bond donors (Lipinski definition) is 2. The summed E-state index contributed by atoms with van der Waals surface area (Å²) in [6.07, 6.45) is 2.73. The molecule has 102 valence electrons. The molecule has 0 saturated heterocycles. The van der Waals surface area contributed by atoms with Crippen molar-refractivity contribution in [2.45, 2.75) is 39.5 Å². The van der Waals surface area contributed by atoms with Crippen molar-refractivity contribution >= 4 is 0 Å². The van der Waals surface area contributed by atoms with Crippen molar-refractivity contribution in [1.82, 2.24) is 10.2 Å². The quantitative estimate of drug-likeness (QED) is 0.887. The van der Waals surface area contributed by atoms with Gasteiger partial charge in [0.05, 0.1) is 6.20 Å². The number of hydrogen-bond acceptors (Lipinski definition) is 2. The molecule has 0 bridgehead atoms. The third-order valence-electron chi connectivity index (χ3n) is 3.51. The molecule has 3 heteroatoms. The van der Waals surface area contributed by atoms with Crippen molar-refractivity contribution in [3.8, 4) is 11.1 Å². The lowest BCUT2D eigenvalue weighted by molar-refractivity contribution is 0.590. The molecule has 19 heavy (non-hydrogen) atoms. The molecule has 0 unspecified atom stereocenters. The van der Waals surface area contributed by atoms with Crippen LogP contribution in [-0.4, -0.2) is 16.7 Å². The third kappa shape index (κ3) is 2.87. The summed E-state index contributed by atoms with van der Waals surface area (Å²) in [7, 11) is 0. The summed E-state index contributed by atoms with van der Waals surface area (Å²) in [6, 6.07) is 6.68. The maximum atomic E-state index is 5.66. The highest BCUT2D eigenvalue weighted by Crippen LogP contribution is 2.31. The van der Waals surface area contributed by atoms with E-state index in [2.05, 4.69) is 56.1 Å². The highest BCUT2D eigenvalue weighted by atomic mass is 15.1. The van der Waals surface area contributed by atoms with Gasteiger partial charge in [0, 0.05) is 17.7 Å². The number of H-pyrrole nitrogens is 1. The molecule has 0 amide bonds. The van der Waals surface area contributed by atoms with Gasteiger partial charge in [0.15, 0.2) is 0 Å². The largest absolute Gasteiger partial charge is 0.330 e. The Labute approximate surface area is 115 Å². The van der Waals surface area contributed by atoms with E-state index >= 15 is 0 Å². The molecule has 1 aromatic carbocycles. The van der Waals surface area contributed by atoms with Crippen molar-refractivity contribution in [2.75, 3.05) is 6.54 Å². The van der Waals surface area contributed by atoms with Crippen molar-refractivity contribution in [1.29, 1.82) is 0 Å². The maximum Gasteiger partial charge on any atom is 0.0568 e. The molecule has 0 aliphatic heterocycles. The number of nitrogens with one attached hydrogen (secondary N) is 1. The molecule has 2 rings (SSSR count). The van der Waals surface area contributed by atoms with Gasteiger partial charge in [0.1, 0.15) is 0 Å². The van der Waals surface area contributed by atoms with Crippen LogP contribution in [0.1, 0.15) is 37.6 Å². The predicted octanol–water partition coefficient (Wildman–Crippen LogP) is 3.18. The molecule has 0 fully saturated rings. The van der Waals surface area contributed by atoms with E-state index in [1.165, 1.54) is 22.3 Å². The van der Waals surface area contributed by atoms with Gasteiger partial charge in [-0.1, -0.05) is 39.0 Å². The molecule has 3 nitrogen and oxygen atoms in total. The zero-order valence-electron chi connectivity index (χ0n) is 12.2. The Morgan fingerprint density at radius 3 is 2.58 bits per heavy atom. The Kier molecular flexibility index (Phi) is 3.76. The van der Waals surface area contributed by atoms with Gasteiger partial charge in [0.2, 0.25) is 0 Å². The van der Waals surface area contributed by atoms with E-state index in [9.17, 15) is 0 Å². The average molecular weight is 257 g/mol. The second kappa shape index (κ2) is 5.17. The second-order valence-electron chi connectivity index (χ2n) is 6.08. The highest BCUT2D eigenvalue weighted by Gasteiger charge is 2.17. The highest BCUT2D eigenvalue weighted by molar-refractivity contribution is 5.69. The van der Waals surface area contributed by atoms with Crippen LogP contribution in [0.3, 0.4) is 0 Å². The fourth-order valence-corrected chi connectivity index (χ4v) is 2.26. The van der Waals surface area contributed by atoms with Crippen LogP contribution in [-0.2, 0) is 11.8 Å². The Hall–Kier alpha value is -1.61. The van der Waals surface area contributed by atoms with Crippen molar-refractivity contribution in [3.05, 3.63) is 41.2 Å². The number of nitrogens with zero attached hydrogens (tertiary/aromatic N) is 1. The first kappa shape index (κ1) is 13.8. The van der Waals surface area contributed by atoms with Gasteiger partial charge < -0.3 is 5.73 Å². The van der Waals surface area contributed by atoms with E-state index in [0.29, 0.717) is 6.54 Å². The van der Waals surface area contributed by atoms with Gasteiger partial charge in [-0.2, -0.15) is 5.10 Å². The molecular formula is C16H23N3. The standard InChI is InChI=1S/C16H23N3/c1-11-5-6-12(16(2,3)4)9-13(11)14-10-18-19-15(14)7-8-17/h5-6,9-10H,7-8,17H2,1-4H3,(H,18,19). The summed E-state index contributed by atoms with van der Waals surface area (Å²) in [6.45, 7) is 9.47. The van der Waals surface area contributed by atoms with Crippen LogP contribution < -0.4 is 5.73 Å². The fraction of sp³-hybridized carbons (Fsp3) is 0.438. The van der Waals surface area contributed by atoms with Gasteiger partial charge in [-0.05, 0) is 35.6 Å². The molecule has 0 saturated carbocycles. The molecule has 0 aliphatic rings. The molecule has 1 heterocycles. The summed E-state index contributed by atoms with van der Waals surface area (Å²) < 4.78 is 0. The first-order valence-corrected chi connectivity index (χ1v) is 6.77. The number of aryl methyl sites for hydroxylation is 1. The lowest BCUT2D eigenvalue weighted by atomic mass is 9.84. The van der Waals surface area contributed by atoms with Crippen LogP contribution in [0.5, 0.6) is 0 Å². The molecule has 0 atom stereocenters. The zero-order valence-corrected chi connectivity index (χ0v) is 12.2. The summed E-state index contributed by atoms with van der Waals surface area (Å²) >= 11 is 0. The van der Waals surface area contributed by atoms with Crippen LogP contribution >= 0.6 is 0 Å². The number of aromatic nitrogens is 2. The van der Waals surface area contributed by atoms with Crippen molar-refractivity contribution in [3.63, 3.8) is 0 Å². The normalized spacial score (nSPS) is 11.8. The molecule has 0 spiro atoms. The first-order chi connectivity index (χ1) is 8.93. The smallest absolute Gasteiger partial charge is 0.0568 e. The van der Waals surface area contributed by atoms with Gasteiger partial charge in [-0.15, -0.1) is 0 Å². The van der Waals surface area contributed by atoms with E-state index < -0.39 is 0 Å². The molecule has 0 aliphatic carbocycles. The minimum atomic E-state index is 0.153. The van der Waals surface area contributed by atoms with Crippen molar-refractivity contribution < 1.29 is 0 Å². The molecule has 0 radical (unpaired) electrons.